The molecule has 1 aliphatic rings. The van der Waals surface area contributed by atoms with E-state index in [1.165, 1.54) is 12.1 Å². The topological polar surface area (TPSA) is 41.6 Å². The summed E-state index contributed by atoms with van der Waals surface area (Å²) in [6.07, 6.45) is -4.53. The molecule has 0 spiro atoms. The number of nitrogens with zero attached hydrogens (tertiary/aromatic N) is 1. The molecule has 26 heavy (non-hydrogen) atoms. The summed E-state index contributed by atoms with van der Waals surface area (Å²) in [6, 6.07) is 12.2. The van der Waals surface area contributed by atoms with Crippen molar-refractivity contribution in [3.63, 3.8) is 0 Å². The van der Waals surface area contributed by atoms with E-state index in [1.54, 1.807) is 12.1 Å². The third kappa shape index (κ3) is 4.76. The standard InChI is InChI=1S/C19H19F3N2O2/c20-19(21,22)15-3-1-2-14(12-15)13-18(25)23-16-4-6-17(7-5-16)24-8-10-26-11-9-24/h1-7,12H,8-11,13H2,(H,23,25). The van der Waals surface area contributed by atoms with Gasteiger partial charge in [0.15, 0.2) is 0 Å². The lowest BCUT2D eigenvalue weighted by Gasteiger charge is -2.28. The molecule has 1 amide bonds. The van der Waals surface area contributed by atoms with E-state index >= 15 is 0 Å². The summed E-state index contributed by atoms with van der Waals surface area (Å²) in [4.78, 5) is 14.3. The molecular formula is C19H19F3N2O2. The highest BCUT2D eigenvalue weighted by Crippen LogP contribution is 2.29. The van der Waals surface area contributed by atoms with Crippen LogP contribution < -0.4 is 10.2 Å². The summed E-state index contributed by atoms with van der Waals surface area (Å²) in [5.41, 5.74) is 1.23. The van der Waals surface area contributed by atoms with Gasteiger partial charge in [-0.15, -0.1) is 0 Å². The average molecular weight is 364 g/mol. The maximum atomic E-state index is 12.7. The Morgan fingerprint density at radius 1 is 1.08 bits per heavy atom. The molecule has 1 N–H and O–H groups in total. The predicted octanol–water partition coefficient (Wildman–Crippen LogP) is 3.72. The molecule has 0 bridgehead atoms. The second-order valence-corrected chi connectivity index (χ2v) is 6.07. The van der Waals surface area contributed by atoms with Gasteiger partial charge >= 0.3 is 6.18 Å². The highest BCUT2D eigenvalue weighted by molar-refractivity contribution is 5.92. The van der Waals surface area contributed by atoms with Crippen molar-refractivity contribution in [1.82, 2.24) is 0 Å². The summed E-state index contributed by atoms with van der Waals surface area (Å²) in [5.74, 6) is -0.358. The number of hydrogen-bond acceptors (Lipinski definition) is 3. The van der Waals surface area contributed by atoms with E-state index < -0.39 is 11.7 Å². The van der Waals surface area contributed by atoms with Crippen molar-refractivity contribution in [3.8, 4) is 0 Å². The van der Waals surface area contributed by atoms with E-state index in [0.29, 0.717) is 24.5 Å². The summed E-state index contributed by atoms with van der Waals surface area (Å²) in [7, 11) is 0. The molecular weight excluding hydrogens is 345 g/mol. The minimum atomic E-state index is -4.41. The van der Waals surface area contributed by atoms with Crippen LogP contribution in [0.3, 0.4) is 0 Å². The smallest absolute Gasteiger partial charge is 0.378 e. The molecule has 1 saturated heterocycles. The van der Waals surface area contributed by atoms with E-state index in [0.717, 1.165) is 30.9 Å². The molecule has 0 aliphatic carbocycles. The largest absolute Gasteiger partial charge is 0.416 e. The quantitative estimate of drug-likeness (QED) is 0.899. The van der Waals surface area contributed by atoms with Crippen molar-refractivity contribution in [2.75, 3.05) is 36.5 Å². The number of ether oxygens (including phenoxy) is 1. The number of benzene rings is 2. The van der Waals surface area contributed by atoms with Crippen molar-refractivity contribution >= 4 is 17.3 Å². The first-order valence-corrected chi connectivity index (χ1v) is 8.30. The Hall–Kier alpha value is -2.54. The zero-order valence-corrected chi connectivity index (χ0v) is 14.1. The Balaban J connectivity index is 1.59. The molecule has 0 radical (unpaired) electrons. The van der Waals surface area contributed by atoms with Crippen LogP contribution in [-0.4, -0.2) is 32.2 Å². The molecule has 0 atom stereocenters. The Labute approximate surface area is 149 Å². The second-order valence-electron chi connectivity index (χ2n) is 6.07. The first-order chi connectivity index (χ1) is 12.4. The van der Waals surface area contributed by atoms with Crippen molar-refractivity contribution in [3.05, 3.63) is 59.7 Å². The van der Waals surface area contributed by atoms with Crippen molar-refractivity contribution in [1.29, 1.82) is 0 Å². The van der Waals surface area contributed by atoms with Crippen LogP contribution in [0, 0.1) is 0 Å². The molecule has 2 aromatic carbocycles. The van der Waals surface area contributed by atoms with E-state index in [2.05, 4.69) is 10.2 Å². The number of anilines is 2. The van der Waals surface area contributed by atoms with Gasteiger partial charge < -0.3 is 15.0 Å². The number of amides is 1. The number of carbonyl (C=O) groups is 1. The zero-order chi connectivity index (χ0) is 18.6. The van der Waals surface area contributed by atoms with Crippen LogP contribution in [0.4, 0.5) is 24.5 Å². The normalized spacial score (nSPS) is 15.0. The van der Waals surface area contributed by atoms with Crippen LogP contribution in [-0.2, 0) is 22.1 Å². The molecule has 1 heterocycles. The molecule has 1 aliphatic heterocycles. The number of morpholine rings is 1. The van der Waals surface area contributed by atoms with E-state index in [-0.39, 0.29) is 12.3 Å². The maximum absolute atomic E-state index is 12.7. The Morgan fingerprint density at radius 2 is 1.77 bits per heavy atom. The second kappa shape index (κ2) is 7.78. The summed E-state index contributed by atoms with van der Waals surface area (Å²) in [6.45, 7) is 3.02. The molecule has 4 nitrogen and oxygen atoms in total. The lowest BCUT2D eigenvalue weighted by Crippen LogP contribution is -2.36. The molecule has 3 rings (SSSR count). The molecule has 0 unspecified atom stereocenters. The van der Waals surface area contributed by atoms with Gasteiger partial charge in [0, 0.05) is 24.5 Å². The summed E-state index contributed by atoms with van der Waals surface area (Å²) >= 11 is 0. The first-order valence-electron chi connectivity index (χ1n) is 8.30. The summed E-state index contributed by atoms with van der Waals surface area (Å²) < 4.78 is 43.5. The molecule has 7 heteroatoms. The number of halogens is 3. The minimum Gasteiger partial charge on any atom is -0.378 e. The highest BCUT2D eigenvalue weighted by atomic mass is 19.4. The molecule has 0 saturated carbocycles. The van der Waals surface area contributed by atoms with Gasteiger partial charge in [-0.3, -0.25) is 4.79 Å². The fraction of sp³-hybridized carbons (Fsp3) is 0.316. The van der Waals surface area contributed by atoms with Crippen LogP contribution >= 0.6 is 0 Å². The van der Waals surface area contributed by atoms with Crippen LogP contribution in [0.2, 0.25) is 0 Å². The molecule has 2 aromatic rings. The highest BCUT2D eigenvalue weighted by Gasteiger charge is 2.30. The third-order valence-corrected chi connectivity index (χ3v) is 4.15. The van der Waals surface area contributed by atoms with Gasteiger partial charge in [-0.25, -0.2) is 0 Å². The van der Waals surface area contributed by atoms with Crippen molar-refractivity contribution in [2.24, 2.45) is 0 Å². The van der Waals surface area contributed by atoms with Gasteiger partial charge in [0.1, 0.15) is 0 Å². The molecule has 138 valence electrons. The lowest BCUT2D eigenvalue weighted by atomic mass is 10.1. The van der Waals surface area contributed by atoms with Gasteiger partial charge in [-0.2, -0.15) is 13.2 Å². The van der Waals surface area contributed by atoms with Crippen LogP contribution in [0.1, 0.15) is 11.1 Å². The Kier molecular flexibility index (Phi) is 5.46. The van der Waals surface area contributed by atoms with Gasteiger partial charge in [0.2, 0.25) is 5.91 Å². The monoisotopic (exact) mass is 364 g/mol. The Bertz CT molecular complexity index is 754. The number of rotatable bonds is 4. The Morgan fingerprint density at radius 3 is 2.42 bits per heavy atom. The number of nitrogens with one attached hydrogen (secondary N) is 1. The van der Waals surface area contributed by atoms with Gasteiger partial charge in [0.05, 0.1) is 25.2 Å². The SMILES string of the molecule is O=C(Cc1cccc(C(F)(F)F)c1)Nc1ccc(N2CCOCC2)cc1. The van der Waals surface area contributed by atoms with E-state index in [9.17, 15) is 18.0 Å². The van der Waals surface area contributed by atoms with Gasteiger partial charge in [-0.05, 0) is 35.9 Å². The number of alkyl halides is 3. The zero-order valence-electron chi connectivity index (χ0n) is 14.1. The lowest BCUT2D eigenvalue weighted by molar-refractivity contribution is -0.137. The summed E-state index contributed by atoms with van der Waals surface area (Å²) in [5, 5.41) is 2.72. The predicted molar refractivity (Wildman–Crippen MR) is 93.3 cm³/mol. The minimum absolute atomic E-state index is 0.116. The maximum Gasteiger partial charge on any atom is 0.416 e. The third-order valence-electron chi connectivity index (χ3n) is 4.15. The van der Waals surface area contributed by atoms with Crippen LogP contribution in [0.25, 0.3) is 0 Å². The fourth-order valence-electron chi connectivity index (χ4n) is 2.83. The van der Waals surface area contributed by atoms with Crippen molar-refractivity contribution in [2.45, 2.75) is 12.6 Å². The van der Waals surface area contributed by atoms with Gasteiger partial charge in [-0.1, -0.05) is 18.2 Å². The number of hydrogen-bond donors (Lipinski definition) is 1. The average Bonchev–Trinajstić information content (AvgIpc) is 2.62. The van der Waals surface area contributed by atoms with Gasteiger partial charge in [0.25, 0.3) is 0 Å². The molecule has 1 fully saturated rings. The van der Waals surface area contributed by atoms with E-state index in [1.807, 2.05) is 12.1 Å². The fourth-order valence-corrected chi connectivity index (χ4v) is 2.83. The van der Waals surface area contributed by atoms with Crippen molar-refractivity contribution < 1.29 is 22.7 Å². The first kappa shape index (κ1) is 18.3. The van der Waals surface area contributed by atoms with E-state index in [4.69, 9.17) is 4.74 Å². The number of carbonyl (C=O) groups excluding carboxylic acids is 1. The molecule has 0 aromatic heterocycles. The van der Waals surface area contributed by atoms with Crippen LogP contribution in [0.5, 0.6) is 0 Å². The van der Waals surface area contributed by atoms with Crippen LogP contribution in [0.15, 0.2) is 48.5 Å².